The van der Waals surface area contributed by atoms with Crippen molar-refractivity contribution in [3.05, 3.63) is 71.7 Å². The Bertz CT molecular complexity index is 742. The second kappa shape index (κ2) is 4.93. The molecule has 0 spiro atoms. The summed E-state index contributed by atoms with van der Waals surface area (Å²) in [7, 11) is 0. The fourth-order valence-electron chi connectivity index (χ4n) is 2.20. The predicted molar refractivity (Wildman–Crippen MR) is 78.4 cm³/mol. The van der Waals surface area contributed by atoms with Crippen LogP contribution in [0.2, 0.25) is 0 Å². The number of aromatic nitrogens is 2. The van der Waals surface area contributed by atoms with Gasteiger partial charge in [-0.25, -0.2) is 9.07 Å². The van der Waals surface area contributed by atoms with Crippen LogP contribution in [0.15, 0.2) is 54.7 Å². The minimum absolute atomic E-state index is 0.234. The van der Waals surface area contributed by atoms with Gasteiger partial charge in [0.15, 0.2) is 0 Å². The van der Waals surface area contributed by atoms with Crippen LogP contribution < -0.4 is 0 Å². The first-order valence-electron chi connectivity index (χ1n) is 6.53. The van der Waals surface area contributed by atoms with Gasteiger partial charge in [-0.3, -0.25) is 0 Å². The maximum atomic E-state index is 12.9. The fourth-order valence-corrected chi connectivity index (χ4v) is 2.20. The lowest BCUT2D eigenvalue weighted by Gasteiger charge is -2.06. The van der Waals surface area contributed by atoms with Crippen molar-refractivity contribution in [3.8, 4) is 16.9 Å². The molecule has 0 aliphatic heterocycles. The highest BCUT2D eigenvalue weighted by atomic mass is 19.1. The average Bonchev–Trinajstić information content (AvgIpc) is 2.92. The van der Waals surface area contributed by atoms with Crippen molar-refractivity contribution in [3.63, 3.8) is 0 Å². The van der Waals surface area contributed by atoms with Crippen LogP contribution in [0.4, 0.5) is 4.39 Å². The highest BCUT2D eigenvalue weighted by Gasteiger charge is 2.06. The Kier molecular flexibility index (Phi) is 3.11. The van der Waals surface area contributed by atoms with Crippen LogP contribution in [0.25, 0.3) is 16.9 Å². The van der Waals surface area contributed by atoms with Gasteiger partial charge in [0.2, 0.25) is 0 Å². The molecule has 2 nitrogen and oxygen atoms in total. The molecule has 3 aromatic rings. The van der Waals surface area contributed by atoms with Crippen molar-refractivity contribution in [1.82, 2.24) is 9.78 Å². The van der Waals surface area contributed by atoms with E-state index in [1.165, 1.54) is 23.3 Å². The first-order chi connectivity index (χ1) is 9.63. The number of nitrogens with zero attached hydrogens (tertiary/aromatic N) is 2. The Morgan fingerprint density at radius 2 is 1.70 bits per heavy atom. The van der Waals surface area contributed by atoms with Crippen LogP contribution in [-0.4, -0.2) is 9.78 Å². The van der Waals surface area contributed by atoms with E-state index < -0.39 is 0 Å². The first kappa shape index (κ1) is 12.6. The summed E-state index contributed by atoms with van der Waals surface area (Å²) in [6.45, 7) is 4.13. The van der Waals surface area contributed by atoms with Gasteiger partial charge in [0.05, 0.1) is 11.4 Å². The molecule has 0 radical (unpaired) electrons. The molecule has 1 heterocycles. The lowest BCUT2D eigenvalue weighted by Crippen LogP contribution is -1.98. The summed E-state index contributed by atoms with van der Waals surface area (Å²) in [5, 5.41) is 4.58. The molecule has 0 aliphatic rings. The van der Waals surface area contributed by atoms with Crippen molar-refractivity contribution in [2.75, 3.05) is 0 Å². The third-order valence-electron chi connectivity index (χ3n) is 3.34. The SMILES string of the molecule is Cc1ccc(C)c(-n2ccc(-c3ccc(F)cc3)n2)c1. The van der Waals surface area contributed by atoms with Gasteiger partial charge in [0.1, 0.15) is 5.82 Å². The monoisotopic (exact) mass is 266 g/mol. The van der Waals surface area contributed by atoms with Crippen molar-refractivity contribution >= 4 is 0 Å². The number of hydrogen-bond acceptors (Lipinski definition) is 1. The van der Waals surface area contributed by atoms with E-state index in [2.05, 4.69) is 37.1 Å². The summed E-state index contributed by atoms with van der Waals surface area (Å²) < 4.78 is 14.8. The number of benzene rings is 2. The summed E-state index contributed by atoms with van der Waals surface area (Å²) >= 11 is 0. The normalized spacial score (nSPS) is 10.8. The molecule has 0 bridgehead atoms. The van der Waals surface area contributed by atoms with Gasteiger partial charge in [0.25, 0.3) is 0 Å². The second-order valence-electron chi connectivity index (χ2n) is 4.94. The van der Waals surface area contributed by atoms with Gasteiger partial charge >= 0.3 is 0 Å². The molecule has 0 fully saturated rings. The van der Waals surface area contributed by atoms with Crippen LogP contribution in [0, 0.1) is 19.7 Å². The Morgan fingerprint density at radius 3 is 2.45 bits per heavy atom. The molecule has 3 heteroatoms. The lowest BCUT2D eigenvalue weighted by atomic mass is 10.1. The van der Waals surface area contributed by atoms with Gasteiger partial charge in [-0.1, -0.05) is 12.1 Å². The summed E-state index contributed by atoms with van der Waals surface area (Å²) in [6.07, 6.45) is 1.93. The van der Waals surface area contributed by atoms with Gasteiger partial charge in [-0.15, -0.1) is 0 Å². The number of hydrogen-bond donors (Lipinski definition) is 0. The molecule has 0 atom stereocenters. The third kappa shape index (κ3) is 2.35. The maximum absolute atomic E-state index is 12.9. The van der Waals surface area contributed by atoms with Crippen molar-refractivity contribution in [2.45, 2.75) is 13.8 Å². The molecule has 20 heavy (non-hydrogen) atoms. The van der Waals surface area contributed by atoms with Gasteiger partial charge < -0.3 is 0 Å². The highest BCUT2D eigenvalue weighted by molar-refractivity contribution is 5.59. The molecule has 2 aromatic carbocycles. The molecular formula is C17H15FN2. The van der Waals surface area contributed by atoms with Gasteiger partial charge in [-0.2, -0.15) is 5.10 Å². The zero-order valence-electron chi connectivity index (χ0n) is 11.5. The van der Waals surface area contributed by atoms with E-state index in [1.807, 2.05) is 16.9 Å². The molecule has 0 saturated carbocycles. The van der Waals surface area contributed by atoms with Crippen LogP contribution >= 0.6 is 0 Å². The van der Waals surface area contributed by atoms with E-state index in [-0.39, 0.29) is 5.82 Å². The minimum Gasteiger partial charge on any atom is -0.240 e. The summed E-state index contributed by atoms with van der Waals surface area (Å²) in [6, 6.07) is 14.6. The van der Waals surface area contributed by atoms with E-state index in [0.717, 1.165) is 16.9 Å². The molecule has 0 amide bonds. The molecular weight excluding hydrogens is 251 g/mol. The highest BCUT2D eigenvalue weighted by Crippen LogP contribution is 2.21. The smallest absolute Gasteiger partial charge is 0.123 e. The first-order valence-corrected chi connectivity index (χ1v) is 6.53. The van der Waals surface area contributed by atoms with Crippen molar-refractivity contribution < 1.29 is 4.39 Å². The number of rotatable bonds is 2. The van der Waals surface area contributed by atoms with Crippen LogP contribution in [-0.2, 0) is 0 Å². The zero-order valence-corrected chi connectivity index (χ0v) is 11.5. The van der Waals surface area contributed by atoms with E-state index >= 15 is 0 Å². The molecule has 0 aliphatic carbocycles. The van der Waals surface area contributed by atoms with E-state index in [1.54, 1.807) is 12.1 Å². The topological polar surface area (TPSA) is 17.8 Å². The quantitative estimate of drug-likeness (QED) is 0.676. The number of aryl methyl sites for hydroxylation is 2. The predicted octanol–water partition coefficient (Wildman–Crippen LogP) is 4.30. The summed E-state index contributed by atoms with van der Waals surface area (Å²) in [4.78, 5) is 0. The lowest BCUT2D eigenvalue weighted by molar-refractivity contribution is 0.628. The minimum atomic E-state index is -0.234. The van der Waals surface area contributed by atoms with Gasteiger partial charge in [-0.05, 0) is 61.4 Å². The van der Waals surface area contributed by atoms with E-state index in [0.29, 0.717) is 0 Å². The van der Waals surface area contributed by atoms with E-state index in [9.17, 15) is 4.39 Å². The van der Waals surface area contributed by atoms with Crippen LogP contribution in [0.3, 0.4) is 0 Å². The Hall–Kier alpha value is -2.42. The molecule has 0 unspecified atom stereocenters. The van der Waals surface area contributed by atoms with Crippen LogP contribution in [0.5, 0.6) is 0 Å². The Labute approximate surface area is 117 Å². The van der Waals surface area contributed by atoms with Gasteiger partial charge in [0, 0.05) is 11.8 Å². The number of halogens is 1. The molecule has 100 valence electrons. The Morgan fingerprint density at radius 1 is 0.950 bits per heavy atom. The van der Waals surface area contributed by atoms with Crippen molar-refractivity contribution in [2.24, 2.45) is 0 Å². The second-order valence-corrected chi connectivity index (χ2v) is 4.94. The summed E-state index contributed by atoms with van der Waals surface area (Å²) in [5.41, 5.74) is 5.19. The zero-order chi connectivity index (χ0) is 14.1. The largest absolute Gasteiger partial charge is 0.240 e. The molecule has 3 rings (SSSR count). The fraction of sp³-hybridized carbons (Fsp3) is 0.118. The standard InChI is InChI=1S/C17H15FN2/c1-12-3-4-13(2)17(11-12)20-10-9-16(19-20)14-5-7-15(18)8-6-14/h3-11H,1-2H3. The molecule has 0 N–H and O–H groups in total. The maximum Gasteiger partial charge on any atom is 0.123 e. The summed E-state index contributed by atoms with van der Waals surface area (Å²) in [5.74, 6) is -0.234. The van der Waals surface area contributed by atoms with Crippen LogP contribution in [0.1, 0.15) is 11.1 Å². The molecule has 1 aromatic heterocycles. The average molecular weight is 266 g/mol. The third-order valence-corrected chi connectivity index (χ3v) is 3.34. The molecule has 0 saturated heterocycles. The van der Waals surface area contributed by atoms with E-state index in [4.69, 9.17) is 0 Å². The Balaban J connectivity index is 2.01. The van der Waals surface area contributed by atoms with Crippen molar-refractivity contribution in [1.29, 1.82) is 0 Å².